The number of hydrogen-bond donors (Lipinski definition) is 0. The molecule has 0 N–H and O–H groups in total. The highest BCUT2D eigenvalue weighted by Gasteiger charge is 2.29. The third-order valence-corrected chi connectivity index (χ3v) is 3.61. The van der Waals surface area contributed by atoms with E-state index in [0.717, 1.165) is 12.7 Å². The monoisotopic (exact) mass is 283 g/mol. The van der Waals surface area contributed by atoms with Gasteiger partial charge in [-0.25, -0.2) is 9.97 Å². The van der Waals surface area contributed by atoms with Crippen LogP contribution in [0.3, 0.4) is 0 Å². The van der Waals surface area contributed by atoms with E-state index in [0.29, 0.717) is 30.4 Å². The number of aryl methyl sites for hydroxylation is 1. The van der Waals surface area contributed by atoms with Gasteiger partial charge in [0.1, 0.15) is 16.8 Å². The van der Waals surface area contributed by atoms with Crippen molar-refractivity contribution in [1.29, 1.82) is 0 Å². The summed E-state index contributed by atoms with van der Waals surface area (Å²) in [5.41, 5.74) is 0.361. The van der Waals surface area contributed by atoms with Crippen LogP contribution in [-0.4, -0.2) is 41.6 Å². The summed E-state index contributed by atoms with van der Waals surface area (Å²) in [5, 5.41) is 0.214. The summed E-state index contributed by atoms with van der Waals surface area (Å²) in [6, 6.07) is 0.209. The highest BCUT2D eigenvalue weighted by Crippen LogP contribution is 2.27. The molecule has 1 aliphatic rings. The van der Waals surface area contributed by atoms with Crippen LogP contribution in [0.15, 0.2) is 0 Å². The molecule has 6 heteroatoms. The second kappa shape index (κ2) is 5.84. The number of rotatable bonds is 3. The summed E-state index contributed by atoms with van der Waals surface area (Å²) in [6.45, 7) is 7.21. The van der Waals surface area contributed by atoms with E-state index in [1.807, 2.05) is 6.92 Å². The largest absolute Gasteiger partial charge is 0.375 e. The van der Waals surface area contributed by atoms with Crippen LogP contribution in [0.2, 0.25) is 5.15 Å². The summed E-state index contributed by atoms with van der Waals surface area (Å²) in [7, 11) is 0. The molecule has 0 saturated carbocycles. The molecule has 2 atom stereocenters. The smallest absolute Gasteiger partial charge is 0.156 e. The fraction of sp³-hybridized carbons (Fsp3) is 0.615. The van der Waals surface area contributed by atoms with E-state index in [1.165, 1.54) is 0 Å². The molecule has 1 aromatic rings. The van der Waals surface area contributed by atoms with Crippen molar-refractivity contribution in [3.05, 3.63) is 16.5 Å². The Balaban J connectivity index is 2.45. The fourth-order valence-corrected chi connectivity index (χ4v) is 2.55. The Morgan fingerprint density at radius 2 is 2.26 bits per heavy atom. The molecule has 5 nitrogen and oxygen atoms in total. The SMILES string of the molecule is CCC1COC(C)CN1c1nc(C)nc(Cl)c1C=O. The molecular weight excluding hydrogens is 266 g/mol. The molecule has 1 saturated heterocycles. The molecule has 2 unspecified atom stereocenters. The Kier molecular flexibility index (Phi) is 4.37. The van der Waals surface area contributed by atoms with Crippen molar-refractivity contribution in [2.24, 2.45) is 0 Å². The molecular formula is C13H18ClN3O2. The average molecular weight is 284 g/mol. The molecule has 1 fully saturated rings. The van der Waals surface area contributed by atoms with Crippen LogP contribution in [-0.2, 0) is 4.74 Å². The maximum Gasteiger partial charge on any atom is 0.156 e. The lowest BCUT2D eigenvalue weighted by atomic mass is 10.1. The van der Waals surface area contributed by atoms with Gasteiger partial charge in [0, 0.05) is 6.54 Å². The van der Waals surface area contributed by atoms with E-state index in [1.54, 1.807) is 6.92 Å². The van der Waals surface area contributed by atoms with Gasteiger partial charge in [-0.1, -0.05) is 18.5 Å². The van der Waals surface area contributed by atoms with Gasteiger partial charge < -0.3 is 9.64 Å². The minimum atomic E-state index is 0.108. The molecule has 104 valence electrons. The zero-order valence-electron chi connectivity index (χ0n) is 11.4. The molecule has 0 bridgehead atoms. The number of ether oxygens (including phenoxy) is 1. The van der Waals surface area contributed by atoms with Crippen molar-refractivity contribution >= 4 is 23.7 Å². The number of nitrogens with zero attached hydrogens (tertiary/aromatic N) is 3. The van der Waals surface area contributed by atoms with E-state index >= 15 is 0 Å². The summed E-state index contributed by atoms with van der Waals surface area (Å²) >= 11 is 6.04. The normalized spacial score (nSPS) is 23.5. The van der Waals surface area contributed by atoms with Crippen LogP contribution in [0.1, 0.15) is 36.5 Å². The van der Waals surface area contributed by atoms with Crippen molar-refractivity contribution < 1.29 is 9.53 Å². The molecule has 2 rings (SSSR count). The number of anilines is 1. The van der Waals surface area contributed by atoms with Gasteiger partial charge in [-0.3, -0.25) is 4.79 Å². The van der Waals surface area contributed by atoms with Crippen LogP contribution >= 0.6 is 11.6 Å². The minimum absolute atomic E-state index is 0.108. The lowest BCUT2D eigenvalue weighted by molar-refractivity contribution is 0.0295. The second-order valence-corrected chi connectivity index (χ2v) is 5.13. The van der Waals surface area contributed by atoms with Gasteiger partial charge in [-0.15, -0.1) is 0 Å². The van der Waals surface area contributed by atoms with Gasteiger partial charge in [0.05, 0.1) is 24.3 Å². The zero-order chi connectivity index (χ0) is 14.0. The summed E-state index contributed by atoms with van der Waals surface area (Å²) in [5.74, 6) is 1.19. The Hall–Kier alpha value is -1.20. The van der Waals surface area contributed by atoms with Crippen molar-refractivity contribution in [3.8, 4) is 0 Å². The molecule has 0 spiro atoms. The van der Waals surface area contributed by atoms with Crippen molar-refractivity contribution in [2.75, 3.05) is 18.1 Å². The quantitative estimate of drug-likeness (QED) is 0.629. The lowest BCUT2D eigenvalue weighted by Crippen LogP contribution is -2.49. The van der Waals surface area contributed by atoms with Crippen LogP contribution in [0, 0.1) is 6.92 Å². The summed E-state index contributed by atoms with van der Waals surface area (Å²) in [6.07, 6.45) is 1.76. The molecule has 0 aromatic carbocycles. The topological polar surface area (TPSA) is 55.3 Å². The molecule has 2 heterocycles. The van der Waals surface area contributed by atoms with Crippen LogP contribution < -0.4 is 4.90 Å². The molecule has 0 aliphatic carbocycles. The highest BCUT2D eigenvalue weighted by molar-refractivity contribution is 6.32. The summed E-state index contributed by atoms with van der Waals surface area (Å²) < 4.78 is 5.66. The first-order chi connectivity index (χ1) is 9.06. The number of hydrogen-bond acceptors (Lipinski definition) is 5. The van der Waals surface area contributed by atoms with Crippen molar-refractivity contribution in [2.45, 2.75) is 39.3 Å². The third-order valence-electron chi connectivity index (χ3n) is 3.32. The Labute approximate surface area is 117 Å². The standard InChI is InChI=1S/C13H18ClN3O2/c1-4-10-7-19-8(2)5-17(10)13-11(6-18)12(14)15-9(3)16-13/h6,8,10H,4-5,7H2,1-3H3. The van der Waals surface area contributed by atoms with Crippen LogP contribution in [0.4, 0.5) is 5.82 Å². The van der Waals surface area contributed by atoms with Gasteiger partial charge in [-0.05, 0) is 20.3 Å². The molecule has 1 aliphatic heterocycles. The van der Waals surface area contributed by atoms with Gasteiger partial charge in [-0.2, -0.15) is 0 Å². The maximum absolute atomic E-state index is 11.3. The van der Waals surface area contributed by atoms with E-state index in [9.17, 15) is 4.79 Å². The Morgan fingerprint density at radius 1 is 1.53 bits per heavy atom. The van der Waals surface area contributed by atoms with E-state index in [-0.39, 0.29) is 17.3 Å². The number of carbonyl (C=O) groups excluding carboxylic acids is 1. The highest BCUT2D eigenvalue weighted by atomic mass is 35.5. The first-order valence-corrected chi connectivity index (χ1v) is 6.82. The molecule has 0 radical (unpaired) electrons. The number of carbonyl (C=O) groups is 1. The van der Waals surface area contributed by atoms with Gasteiger partial charge in [0.15, 0.2) is 6.29 Å². The second-order valence-electron chi connectivity index (χ2n) is 4.78. The lowest BCUT2D eigenvalue weighted by Gasteiger charge is -2.39. The zero-order valence-corrected chi connectivity index (χ0v) is 12.1. The molecule has 19 heavy (non-hydrogen) atoms. The minimum Gasteiger partial charge on any atom is -0.375 e. The molecule has 0 amide bonds. The van der Waals surface area contributed by atoms with Crippen molar-refractivity contribution in [1.82, 2.24) is 9.97 Å². The molecule has 1 aromatic heterocycles. The summed E-state index contributed by atoms with van der Waals surface area (Å²) in [4.78, 5) is 21.8. The predicted molar refractivity (Wildman–Crippen MR) is 74.0 cm³/mol. The average Bonchev–Trinajstić information content (AvgIpc) is 2.37. The van der Waals surface area contributed by atoms with E-state index in [2.05, 4.69) is 21.8 Å². The number of morpholine rings is 1. The first kappa shape index (κ1) is 14.2. The number of aromatic nitrogens is 2. The predicted octanol–water partition coefficient (Wildman–Crippen LogP) is 2.25. The number of halogens is 1. The van der Waals surface area contributed by atoms with Gasteiger partial charge >= 0.3 is 0 Å². The van der Waals surface area contributed by atoms with Crippen molar-refractivity contribution in [3.63, 3.8) is 0 Å². The first-order valence-electron chi connectivity index (χ1n) is 6.44. The fourth-order valence-electron chi connectivity index (χ4n) is 2.30. The van der Waals surface area contributed by atoms with E-state index in [4.69, 9.17) is 16.3 Å². The maximum atomic E-state index is 11.3. The van der Waals surface area contributed by atoms with Crippen LogP contribution in [0.5, 0.6) is 0 Å². The van der Waals surface area contributed by atoms with Gasteiger partial charge in [0.25, 0.3) is 0 Å². The Morgan fingerprint density at radius 3 is 2.89 bits per heavy atom. The van der Waals surface area contributed by atoms with Crippen LogP contribution in [0.25, 0.3) is 0 Å². The van der Waals surface area contributed by atoms with E-state index < -0.39 is 0 Å². The Bertz CT molecular complexity index is 481. The number of aldehydes is 1. The van der Waals surface area contributed by atoms with Gasteiger partial charge in [0.2, 0.25) is 0 Å². The third kappa shape index (κ3) is 2.87.